The summed E-state index contributed by atoms with van der Waals surface area (Å²) in [5.74, 6) is 1.36. The van der Waals surface area contributed by atoms with Gasteiger partial charge in [0.1, 0.15) is 0 Å². The van der Waals surface area contributed by atoms with Crippen molar-refractivity contribution in [3.8, 4) is 0 Å². The summed E-state index contributed by atoms with van der Waals surface area (Å²) in [5, 5.41) is 0. The molecule has 0 N–H and O–H groups in total. The molecule has 0 amide bonds. The summed E-state index contributed by atoms with van der Waals surface area (Å²) in [6.45, 7) is 13.2. The summed E-state index contributed by atoms with van der Waals surface area (Å²) in [4.78, 5) is 15.6. The van der Waals surface area contributed by atoms with Crippen LogP contribution >= 0.6 is 0 Å². The molecule has 0 spiro atoms. The van der Waals surface area contributed by atoms with Crippen LogP contribution in [0.5, 0.6) is 0 Å². The molecule has 26 heavy (non-hydrogen) atoms. The fourth-order valence-electron chi connectivity index (χ4n) is 5.21. The zero-order chi connectivity index (χ0) is 18.9. The molecule has 1 fully saturated rings. The van der Waals surface area contributed by atoms with Crippen molar-refractivity contribution in [3.05, 3.63) is 48.0 Å². The van der Waals surface area contributed by atoms with Crippen LogP contribution in [0.1, 0.15) is 40.2 Å². The Morgan fingerprint density at radius 3 is 2.58 bits per heavy atom. The summed E-state index contributed by atoms with van der Waals surface area (Å²) in [5.41, 5.74) is 0.877. The van der Waals surface area contributed by atoms with Gasteiger partial charge in [-0.25, -0.2) is 0 Å². The van der Waals surface area contributed by atoms with Gasteiger partial charge in [0, 0.05) is 19.1 Å². The van der Waals surface area contributed by atoms with Gasteiger partial charge in [0.15, 0.2) is 0 Å². The minimum atomic E-state index is -0.462. The topological polar surface area (TPSA) is 29.5 Å². The Morgan fingerprint density at radius 2 is 1.96 bits per heavy atom. The first-order valence-corrected chi connectivity index (χ1v) is 10.0. The fraction of sp³-hybridized carbons (Fsp3) is 0.609. The van der Waals surface area contributed by atoms with Gasteiger partial charge >= 0.3 is 5.97 Å². The second kappa shape index (κ2) is 7.56. The molecule has 1 heterocycles. The van der Waals surface area contributed by atoms with E-state index in [1.807, 2.05) is 6.92 Å². The molecule has 0 unspecified atom stereocenters. The van der Waals surface area contributed by atoms with Gasteiger partial charge in [-0.15, -0.1) is 0 Å². The first-order valence-electron chi connectivity index (χ1n) is 10.0. The maximum Gasteiger partial charge on any atom is 0.312 e. The molecule has 3 heteroatoms. The molecule has 142 valence electrons. The summed E-state index contributed by atoms with van der Waals surface area (Å²) in [6.07, 6.45) is 4.60. The average molecular weight is 356 g/mol. The number of carbonyl (C=O) groups excluding carboxylic acids is 1. The summed E-state index contributed by atoms with van der Waals surface area (Å²) >= 11 is 0. The molecule has 1 saturated heterocycles. The van der Waals surface area contributed by atoms with Crippen molar-refractivity contribution < 1.29 is 9.53 Å². The van der Waals surface area contributed by atoms with E-state index in [-0.39, 0.29) is 11.9 Å². The maximum atomic E-state index is 13.0. The smallest absolute Gasteiger partial charge is 0.312 e. The Labute approximate surface area is 158 Å². The number of hydrogen-bond donors (Lipinski definition) is 0. The number of ether oxygens (including phenoxy) is 1. The minimum absolute atomic E-state index is 0.0286. The van der Waals surface area contributed by atoms with Crippen LogP contribution in [0.2, 0.25) is 0 Å². The van der Waals surface area contributed by atoms with Crippen LogP contribution < -0.4 is 0 Å². The van der Waals surface area contributed by atoms with E-state index in [4.69, 9.17) is 4.74 Å². The van der Waals surface area contributed by atoms with Crippen LogP contribution in [0.3, 0.4) is 0 Å². The summed E-state index contributed by atoms with van der Waals surface area (Å²) in [7, 11) is 0. The minimum Gasteiger partial charge on any atom is -0.466 e. The third-order valence-electron chi connectivity index (χ3n) is 6.61. The number of fused-ring (bicyclic) bond motifs is 1. The second-order valence-electron chi connectivity index (χ2n) is 8.52. The Bertz CT molecular complexity index is 653. The van der Waals surface area contributed by atoms with E-state index in [1.54, 1.807) is 0 Å². The van der Waals surface area contributed by atoms with Crippen LogP contribution in [0.25, 0.3) is 0 Å². The van der Waals surface area contributed by atoms with Gasteiger partial charge in [-0.05, 0) is 43.1 Å². The third kappa shape index (κ3) is 3.22. The predicted octanol–water partition coefficient (Wildman–Crippen LogP) is 4.53. The van der Waals surface area contributed by atoms with Crippen molar-refractivity contribution in [2.45, 2.75) is 47.2 Å². The molecule has 5 atom stereocenters. The van der Waals surface area contributed by atoms with Crippen molar-refractivity contribution in [1.82, 2.24) is 4.90 Å². The van der Waals surface area contributed by atoms with Gasteiger partial charge in [0.05, 0.1) is 12.0 Å². The van der Waals surface area contributed by atoms with Crippen molar-refractivity contribution in [1.29, 1.82) is 0 Å². The molecule has 1 aliphatic carbocycles. The number of likely N-dealkylation sites (tertiary alicyclic amines) is 1. The lowest BCUT2D eigenvalue weighted by molar-refractivity contribution is -0.163. The van der Waals surface area contributed by atoms with Crippen LogP contribution in [0.15, 0.2) is 42.5 Å². The maximum absolute atomic E-state index is 13.0. The molecular weight excluding hydrogens is 322 g/mol. The molecular formula is C23H33NO2. The molecule has 0 bridgehead atoms. The van der Waals surface area contributed by atoms with Crippen molar-refractivity contribution in [3.63, 3.8) is 0 Å². The number of benzene rings is 1. The largest absolute Gasteiger partial charge is 0.466 e. The third-order valence-corrected chi connectivity index (χ3v) is 6.61. The van der Waals surface area contributed by atoms with Gasteiger partial charge in [-0.2, -0.15) is 0 Å². The van der Waals surface area contributed by atoms with Crippen LogP contribution in [-0.4, -0.2) is 30.1 Å². The van der Waals surface area contributed by atoms with Gasteiger partial charge < -0.3 is 4.74 Å². The van der Waals surface area contributed by atoms with Crippen molar-refractivity contribution in [2.24, 2.45) is 29.1 Å². The van der Waals surface area contributed by atoms with E-state index in [2.05, 4.69) is 75.1 Å². The van der Waals surface area contributed by atoms with Gasteiger partial charge in [-0.3, -0.25) is 9.69 Å². The zero-order valence-electron chi connectivity index (χ0n) is 16.8. The van der Waals surface area contributed by atoms with E-state index in [9.17, 15) is 4.79 Å². The van der Waals surface area contributed by atoms with Gasteiger partial charge in [0.2, 0.25) is 0 Å². The van der Waals surface area contributed by atoms with E-state index < -0.39 is 5.41 Å². The number of nitrogens with zero attached hydrogens (tertiary/aromatic N) is 1. The highest BCUT2D eigenvalue weighted by Crippen LogP contribution is 2.53. The van der Waals surface area contributed by atoms with Crippen LogP contribution in [-0.2, 0) is 16.1 Å². The predicted molar refractivity (Wildman–Crippen MR) is 106 cm³/mol. The lowest BCUT2D eigenvalue weighted by Gasteiger charge is -2.46. The van der Waals surface area contributed by atoms with Crippen molar-refractivity contribution >= 4 is 5.97 Å². The quantitative estimate of drug-likeness (QED) is 0.574. The Kier molecular flexibility index (Phi) is 5.57. The summed E-state index contributed by atoms with van der Waals surface area (Å²) < 4.78 is 5.55. The van der Waals surface area contributed by atoms with E-state index in [0.29, 0.717) is 30.4 Å². The van der Waals surface area contributed by atoms with Crippen LogP contribution in [0, 0.1) is 29.1 Å². The summed E-state index contributed by atoms with van der Waals surface area (Å²) in [6, 6.07) is 11.0. The lowest BCUT2D eigenvalue weighted by atomic mass is 9.58. The molecule has 0 radical (unpaired) electrons. The average Bonchev–Trinajstić information content (AvgIpc) is 2.98. The second-order valence-corrected chi connectivity index (χ2v) is 8.52. The monoisotopic (exact) mass is 355 g/mol. The van der Waals surface area contributed by atoms with Crippen molar-refractivity contribution in [2.75, 3.05) is 13.2 Å². The normalized spacial score (nSPS) is 34.1. The highest BCUT2D eigenvalue weighted by Gasteiger charge is 2.58. The fourth-order valence-corrected chi connectivity index (χ4v) is 5.21. The van der Waals surface area contributed by atoms with Crippen LogP contribution in [0.4, 0.5) is 0 Å². The Balaban J connectivity index is 1.95. The standard InChI is InChI=1S/C23H33NO2/c1-6-26-22(25)23(5)17(4)12-13-19-15-24(21(16(2)3)20(19)23)14-18-10-8-7-9-11-18/h7-13,16-17,19-21H,6,14-15H2,1-5H3/t17-,19-,20-,21+,23+/m1/s1. The van der Waals surface area contributed by atoms with Gasteiger partial charge in [0.25, 0.3) is 0 Å². The Hall–Kier alpha value is -1.61. The first kappa shape index (κ1) is 19.2. The van der Waals surface area contributed by atoms with E-state index in [1.165, 1.54) is 5.56 Å². The zero-order valence-corrected chi connectivity index (χ0v) is 16.8. The highest BCUT2D eigenvalue weighted by atomic mass is 16.5. The highest BCUT2D eigenvalue weighted by molar-refractivity contribution is 5.78. The molecule has 2 aliphatic rings. The molecule has 3 nitrogen and oxygen atoms in total. The number of allylic oxidation sites excluding steroid dienone is 1. The molecule has 0 saturated carbocycles. The molecule has 1 aliphatic heterocycles. The molecule has 1 aromatic carbocycles. The molecule has 1 aromatic rings. The van der Waals surface area contributed by atoms with Gasteiger partial charge in [-0.1, -0.05) is 63.3 Å². The molecule has 3 rings (SSSR count). The lowest BCUT2D eigenvalue weighted by Crippen LogP contribution is -2.51. The molecule has 0 aromatic heterocycles. The number of esters is 1. The number of hydrogen-bond acceptors (Lipinski definition) is 3. The first-order chi connectivity index (χ1) is 12.4. The van der Waals surface area contributed by atoms with E-state index >= 15 is 0 Å². The number of carbonyl (C=O) groups is 1. The Morgan fingerprint density at radius 1 is 1.27 bits per heavy atom. The SMILES string of the molecule is CCOC(=O)[C@]1(C)[C@@H]2[C@H](C=C[C@H]1C)CN(Cc1ccccc1)[C@H]2C(C)C. The number of rotatable bonds is 5. The van der Waals surface area contributed by atoms with E-state index in [0.717, 1.165) is 13.1 Å².